The van der Waals surface area contributed by atoms with Gasteiger partial charge in [-0.1, -0.05) is 6.92 Å². The number of carbonyl (C=O) groups excluding carboxylic acids is 1. The molecule has 1 saturated heterocycles. The lowest BCUT2D eigenvalue weighted by atomic mass is 9.41. The van der Waals surface area contributed by atoms with Crippen molar-refractivity contribution in [1.82, 2.24) is 0 Å². The van der Waals surface area contributed by atoms with Crippen LogP contribution in [0.1, 0.15) is 84.5 Å². The summed E-state index contributed by atoms with van der Waals surface area (Å²) in [6, 6.07) is 0. The molecule has 5 fully saturated rings. The first-order valence-electron chi connectivity index (χ1n) is 16.5. The van der Waals surface area contributed by atoms with Gasteiger partial charge in [0.1, 0.15) is 12.7 Å². The second-order valence-corrected chi connectivity index (χ2v) is 14.5. The fourth-order valence-corrected chi connectivity index (χ4v) is 10.4. The third kappa shape index (κ3) is 5.04. The number of carbonyl (C=O) groups is 1. The van der Waals surface area contributed by atoms with Crippen LogP contribution in [0.15, 0.2) is 16.6 Å². The molecule has 0 unspecified atom stereocenters. The van der Waals surface area contributed by atoms with Gasteiger partial charge in [0.05, 0.1) is 29.5 Å². The van der Waals surface area contributed by atoms with Gasteiger partial charge in [0.25, 0.3) is 0 Å². The van der Waals surface area contributed by atoms with E-state index in [9.17, 15) is 25.2 Å². The smallest absolute Gasteiger partial charge is 0.331 e. The molecule has 10 nitrogen and oxygen atoms in total. The highest BCUT2D eigenvalue weighted by Gasteiger charge is 2.71. The van der Waals surface area contributed by atoms with E-state index < -0.39 is 35.1 Å². The molecule has 0 amide bonds. The number of fused-ring (bicyclic) bond motifs is 5. The van der Waals surface area contributed by atoms with Gasteiger partial charge in [-0.2, -0.15) is 0 Å². The zero-order valence-corrected chi connectivity index (χ0v) is 26.0. The third-order valence-electron chi connectivity index (χ3n) is 12.7. The molecule has 0 aromatic carbocycles. The number of cyclic esters (lactones) is 1. The Labute approximate surface area is 254 Å². The molecule has 2 heterocycles. The summed E-state index contributed by atoms with van der Waals surface area (Å²) in [6.45, 7) is 4.90. The van der Waals surface area contributed by atoms with Crippen LogP contribution in [0.4, 0.5) is 0 Å². The summed E-state index contributed by atoms with van der Waals surface area (Å²) in [4.78, 5) is 16.7. The van der Waals surface area contributed by atoms with Crippen LogP contribution in [0, 0.1) is 28.6 Å². The van der Waals surface area contributed by atoms with Crippen LogP contribution in [0.2, 0.25) is 0 Å². The molecular formula is C33H51NO9. The highest BCUT2D eigenvalue weighted by molar-refractivity contribution is 5.85. The second kappa shape index (κ2) is 11.8. The lowest BCUT2D eigenvalue weighted by Gasteiger charge is -2.66. The molecule has 0 spiro atoms. The van der Waals surface area contributed by atoms with Gasteiger partial charge in [0.15, 0.2) is 6.29 Å². The fourth-order valence-electron chi connectivity index (χ4n) is 10.4. The topological polar surface area (TPSA) is 147 Å². The van der Waals surface area contributed by atoms with E-state index in [4.69, 9.17) is 23.9 Å². The first-order valence-corrected chi connectivity index (χ1v) is 16.5. The summed E-state index contributed by atoms with van der Waals surface area (Å²) in [7, 11) is 1.59. The van der Waals surface area contributed by atoms with Gasteiger partial charge >= 0.3 is 5.97 Å². The van der Waals surface area contributed by atoms with Crippen molar-refractivity contribution in [1.29, 1.82) is 0 Å². The Hall–Kier alpha value is -1.40. The molecule has 4 saturated carbocycles. The van der Waals surface area contributed by atoms with Crippen molar-refractivity contribution in [3.63, 3.8) is 0 Å². The van der Waals surface area contributed by atoms with Gasteiger partial charge in [-0.25, -0.2) is 4.79 Å². The Morgan fingerprint density at radius 2 is 1.91 bits per heavy atom. The largest absolute Gasteiger partial charge is 0.458 e. The van der Waals surface area contributed by atoms with Crippen LogP contribution >= 0.6 is 0 Å². The van der Waals surface area contributed by atoms with Crippen LogP contribution in [-0.2, 0) is 23.7 Å². The van der Waals surface area contributed by atoms with E-state index in [0.717, 1.165) is 31.3 Å². The Morgan fingerprint density at radius 3 is 2.63 bits per heavy atom. The van der Waals surface area contributed by atoms with Crippen molar-refractivity contribution in [2.24, 2.45) is 33.6 Å². The molecule has 12 atom stereocenters. The van der Waals surface area contributed by atoms with Gasteiger partial charge in [0.2, 0.25) is 0 Å². The lowest BCUT2D eigenvalue weighted by Crippen LogP contribution is -2.69. The maximum atomic E-state index is 12.6. The summed E-state index contributed by atoms with van der Waals surface area (Å²) in [6.07, 6.45) is 8.64. The first kappa shape index (κ1) is 31.6. The van der Waals surface area contributed by atoms with Crippen molar-refractivity contribution in [3.05, 3.63) is 11.6 Å². The van der Waals surface area contributed by atoms with E-state index in [-0.39, 0.29) is 48.0 Å². The maximum Gasteiger partial charge on any atom is 0.331 e. The predicted octanol–water partition coefficient (Wildman–Crippen LogP) is 2.69. The van der Waals surface area contributed by atoms with Crippen LogP contribution < -0.4 is 0 Å². The molecule has 6 rings (SSSR count). The van der Waals surface area contributed by atoms with Crippen molar-refractivity contribution in [2.75, 3.05) is 26.9 Å². The zero-order valence-electron chi connectivity index (χ0n) is 26.0. The normalized spacial score (nSPS) is 49.7. The van der Waals surface area contributed by atoms with Crippen molar-refractivity contribution < 1.29 is 44.2 Å². The lowest BCUT2D eigenvalue weighted by molar-refractivity contribution is -0.284. The number of methoxy groups -OCH3 is 1. The van der Waals surface area contributed by atoms with Gasteiger partial charge in [0, 0.05) is 56.2 Å². The average Bonchev–Trinajstić information content (AvgIpc) is 3.52. The fraction of sp³-hybridized carbons (Fsp3) is 0.879. The van der Waals surface area contributed by atoms with E-state index in [1.807, 2.05) is 13.1 Å². The summed E-state index contributed by atoms with van der Waals surface area (Å²) < 4.78 is 23.2. The molecule has 0 aromatic heterocycles. The number of aliphatic hydroxyl groups excluding tert-OH is 2. The number of hydrogen-bond acceptors (Lipinski definition) is 10. The van der Waals surface area contributed by atoms with E-state index in [0.29, 0.717) is 58.1 Å². The van der Waals surface area contributed by atoms with Crippen molar-refractivity contribution >= 4 is 12.2 Å². The van der Waals surface area contributed by atoms with Crippen LogP contribution in [0.25, 0.3) is 0 Å². The third-order valence-corrected chi connectivity index (χ3v) is 12.7. The van der Waals surface area contributed by atoms with E-state index in [2.05, 4.69) is 6.92 Å². The van der Waals surface area contributed by atoms with E-state index in [1.165, 1.54) is 0 Å². The molecule has 242 valence electrons. The highest BCUT2D eigenvalue weighted by atomic mass is 16.7. The molecular weight excluding hydrogens is 554 g/mol. The molecule has 2 aliphatic heterocycles. The number of aliphatic imine (C=N–C) groups is 1. The van der Waals surface area contributed by atoms with Crippen molar-refractivity contribution in [3.8, 4) is 0 Å². The minimum Gasteiger partial charge on any atom is -0.458 e. The minimum atomic E-state index is -1.06. The molecule has 43 heavy (non-hydrogen) atoms. The SMILES string of the molecule is CO[C@H]1C[C@H](O[C@@H]2CC[C@]3(C=NCCCO)[C@H]4CC[C@]5(C)[C@H](C6=CC(=O)OC6)CC[C@]5(O)[C@H]4CC[C@@]3(O)C2)O[C@H](C)[C@H]1O. The number of rotatable bonds is 8. The van der Waals surface area contributed by atoms with Gasteiger partial charge in [-0.3, -0.25) is 4.99 Å². The van der Waals surface area contributed by atoms with E-state index in [1.54, 1.807) is 13.2 Å². The first-order chi connectivity index (χ1) is 20.5. The summed E-state index contributed by atoms with van der Waals surface area (Å²) in [5.74, 6) is -0.125. The van der Waals surface area contributed by atoms with Gasteiger partial charge in [-0.15, -0.1) is 0 Å². The Kier molecular flexibility index (Phi) is 8.63. The standard InChI is InChI=1S/C33H51NO9/c1-20-29(37)26(40-3)16-28(42-20)43-22-5-10-31(19-34-13-4-14-35)24-6-9-30(2)23(21-15-27(36)41-18-21)8-12-33(30,39)25(24)7-11-32(31,38)17-22/h15,19-20,22-26,28-29,35,37-39H,4-14,16-18H2,1-3H3/t20-,22-,23+,24+,25+,26+,28+,29-,30-,31+,32-,33+/m1/s1. The number of nitrogens with zero attached hydrogens (tertiary/aromatic N) is 1. The molecule has 0 bridgehead atoms. The van der Waals surface area contributed by atoms with Crippen LogP contribution in [0.5, 0.6) is 0 Å². The number of hydrogen-bond donors (Lipinski definition) is 4. The molecule has 0 radical (unpaired) electrons. The number of ether oxygens (including phenoxy) is 4. The van der Waals surface area contributed by atoms with Crippen LogP contribution in [-0.4, -0.2) is 101 Å². The average molecular weight is 606 g/mol. The van der Waals surface area contributed by atoms with Gasteiger partial charge < -0.3 is 39.4 Å². The summed E-state index contributed by atoms with van der Waals surface area (Å²) >= 11 is 0. The maximum absolute atomic E-state index is 12.6. The highest BCUT2D eigenvalue weighted by Crippen LogP contribution is 2.70. The molecule has 6 aliphatic rings. The zero-order chi connectivity index (χ0) is 30.6. The van der Waals surface area contributed by atoms with Crippen LogP contribution in [0.3, 0.4) is 0 Å². The molecule has 10 heteroatoms. The quantitative estimate of drug-likeness (QED) is 0.142. The Morgan fingerprint density at radius 1 is 1.12 bits per heavy atom. The van der Waals surface area contributed by atoms with Gasteiger partial charge in [-0.05, 0) is 88.0 Å². The molecule has 4 N–H and O–H groups in total. The summed E-state index contributed by atoms with van der Waals surface area (Å²) in [5.41, 5.74) is -1.93. The number of aliphatic hydroxyl groups is 4. The molecule has 0 aromatic rings. The minimum absolute atomic E-state index is 0.00313. The number of esters is 1. The summed E-state index contributed by atoms with van der Waals surface area (Å²) in [5, 5.41) is 45.0. The Balaban J connectivity index is 1.26. The van der Waals surface area contributed by atoms with E-state index >= 15 is 0 Å². The second-order valence-electron chi connectivity index (χ2n) is 14.5. The monoisotopic (exact) mass is 605 g/mol. The Bertz CT molecular complexity index is 1110. The predicted molar refractivity (Wildman–Crippen MR) is 157 cm³/mol. The molecule has 4 aliphatic carbocycles. The van der Waals surface area contributed by atoms with Crippen molar-refractivity contribution in [2.45, 2.75) is 126 Å².